The Morgan fingerprint density at radius 2 is 1.91 bits per heavy atom. The van der Waals surface area contributed by atoms with Gasteiger partial charge < -0.3 is 10.4 Å². The molecule has 1 heterocycles. The topological polar surface area (TPSA) is 84.2 Å². The van der Waals surface area contributed by atoms with E-state index in [-0.39, 0.29) is 27.7 Å². The minimum Gasteiger partial charge on any atom is -0.478 e. The second-order valence-corrected chi connectivity index (χ2v) is 8.25. The first-order valence-electron chi connectivity index (χ1n) is 9.88. The lowest BCUT2D eigenvalue weighted by molar-refractivity contribution is -0.144. The van der Waals surface area contributed by atoms with E-state index in [1.54, 1.807) is 6.07 Å². The number of carboxylic acid groups (broad SMARTS) is 1. The number of halogens is 6. The Morgan fingerprint density at radius 1 is 1.26 bits per heavy atom. The zero-order valence-electron chi connectivity index (χ0n) is 18.3. The van der Waals surface area contributed by atoms with Gasteiger partial charge in [0.15, 0.2) is 5.69 Å². The molecule has 1 unspecified atom stereocenters. The smallest absolute Gasteiger partial charge is 0.433 e. The second-order valence-electron chi connectivity index (χ2n) is 7.44. The standard InChI is InChI=1S/C22H21Cl2F4N3O3/c1-4-13(21(33)34)10-14(25)7-11(2)29-20(32)18-17(30-31(3)19(18)22(26,27)28)9-12-5-6-15(23)16(24)8-12/h4-6,8,10-11H,7,9H2,1-3H3,(H,29,32)(H,33,34). The van der Waals surface area contributed by atoms with Gasteiger partial charge in [-0.05, 0) is 37.6 Å². The molecule has 1 atom stereocenters. The van der Waals surface area contributed by atoms with Crippen molar-refractivity contribution in [2.75, 3.05) is 0 Å². The maximum atomic E-state index is 14.2. The Bertz CT molecular complexity index is 1160. The number of alkyl halides is 3. The van der Waals surface area contributed by atoms with Crippen LogP contribution in [-0.2, 0) is 24.4 Å². The highest BCUT2D eigenvalue weighted by Gasteiger charge is 2.41. The average Bonchev–Trinajstić information content (AvgIpc) is 3.04. The summed E-state index contributed by atoms with van der Waals surface area (Å²) < 4.78 is 56.0. The Labute approximate surface area is 202 Å². The van der Waals surface area contributed by atoms with Crippen LogP contribution < -0.4 is 5.32 Å². The highest BCUT2D eigenvalue weighted by atomic mass is 35.5. The fourth-order valence-electron chi connectivity index (χ4n) is 3.25. The highest BCUT2D eigenvalue weighted by Crippen LogP contribution is 2.34. The minimum absolute atomic E-state index is 0.143. The summed E-state index contributed by atoms with van der Waals surface area (Å²) in [5, 5.41) is 15.6. The molecule has 0 bridgehead atoms. The number of rotatable bonds is 8. The molecule has 2 N–H and O–H groups in total. The number of hydrogen-bond donors (Lipinski definition) is 2. The van der Waals surface area contributed by atoms with Crippen molar-refractivity contribution in [3.05, 3.63) is 74.3 Å². The van der Waals surface area contributed by atoms with Crippen LogP contribution in [0.3, 0.4) is 0 Å². The van der Waals surface area contributed by atoms with Crippen LogP contribution in [0.1, 0.15) is 47.6 Å². The van der Waals surface area contributed by atoms with Crippen LogP contribution in [0.4, 0.5) is 17.6 Å². The van der Waals surface area contributed by atoms with Gasteiger partial charge in [0.25, 0.3) is 5.91 Å². The lowest BCUT2D eigenvalue weighted by Crippen LogP contribution is -2.34. The van der Waals surface area contributed by atoms with Gasteiger partial charge in [-0.1, -0.05) is 35.3 Å². The molecule has 12 heteroatoms. The molecule has 0 fully saturated rings. The molecule has 0 spiro atoms. The maximum Gasteiger partial charge on any atom is 0.433 e. The molecular weight excluding hydrogens is 501 g/mol. The molecule has 1 aromatic heterocycles. The quantitative estimate of drug-likeness (QED) is 0.264. The summed E-state index contributed by atoms with van der Waals surface area (Å²) in [5.41, 5.74) is -1.94. The van der Waals surface area contributed by atoms with Crippen molar-refractivity contribution in [3.63, 3.8) is 0 Å². The highest BCUT2D eigenvalue weighted by molar-refractivity contribution is 6.42. The van der Waals surface area contributed by atoms with Gasteiger partial charge >= 0.3 is 12.1 Å². The van der Waals surface area contributed by atoms with Crippen LogP contribution >= 0.6 is 23.2 Å². The molecule has 6 nitrogen and oxygen atoms in total. The Morgan fingerprint density at radius 3 is 2.44 bits per heavy atom. The third-order valence-electron chi connectivity index (χ3n) is 4.72. The summed E-state index contributed by atoms with van der Waals surface area (Å²) in [4.78, 5) is 23.9. The summed E-state index contributed by atoms with van der Waals surface area (Å²) in [7, 11) is 1.06. The molecule has 0 saturated heterocycles. The lowest BCUT2D eigenvalue weighted by atomic mass is 10.0. The first-order chi connectivity index (χ1) is 15.7. The van der Waals surface area contributed by atoms with Crippen molar-refractivity contribution < 1.29 is 32.3 Å². The van der Waals surface area contributed by atoms with Crippen molar-refractivity contribution in [1.29, 1.82) is 0 Å². The SMILES string of the molecule is CC=C(C=C(F)CC(C)NC(=O)c1c(Cc2ccc(Cl)c(Cl)c2)nn(C)c1C(F)(F)F)C(=O)O. The predicted octanol–water partition coefficient (Wildman–Crippen LogP) is 5.73. The van der Waals surface area contributed by atoms with Crippen LogP contribution in [0.25, 0.3) is 0 Å². The van der Waals surface area contributed by atoms with Crippen LogP contribution in [0.15, 0.2) is 41.8 Å². The number of hydrogen-bond acceptors (Lipinski definition) is 3. The van der Waals surface area contributed by atoms with Crippen molar-refractivity contribution in [2.45, 2.75) is 38.9 Å². The van der Waals surface area contributed by atoms with Crippen LogP contribution in [-0.4, -0.2) is 32.8 Å². The van der Waals surface area contributed by atoms with E-state index in [9.17, 15) is 27.2 Å². The molecule has 184 valence electrons. The van der Waals surface area contributed by atoms with E-state index in [0.29, 0.717) is 10.2 Å². The number of amides is 1. The van der Waals surface area contributed by atoms with Gasteiger partial charge in [-0.15, -0.1) is 0 Å². The van der Waals surface area contributed by atoms with Gasteiger partial charge in [-0.3, -0.25) is 9.48 Å². The first-order valence-corrected chi connectivity index (χ1v) is 10.6. The zero-order valence-corrected chi connectivity index (χ0v) is 19.8. The fraction of sp³-hybridized carbons (Fsp3) is 0.318. The van der Waals surface area contributed by atoms with Crippen LogP contribution in [0, 0.1) is 0 Å². The number of nitrogens with one attached hydrogen (secondary N) is 1. The molecule has 34 heavy (non-hydrogen) atoms. The average molecular weight is 522 g/mol. The Hall–Kier alpha value is -2.85. The number of aryl methyl sites for hydroxylation is 1. The van der Waals surface area contributed by atoms with E-state index in [1.165, 1.54) is 32.1 Å². The Balaban J connectivity index is 2.36. The number of aliphatic carboxylic acids is 1. The number of allylic oxidation sites excluding steroid dienone is 1. The van der Waals surface area contributed by atoms with Crippen LogP contribution in [0.2, 0.25) is 10.0 Å². The minimum atomic E-state index is -4.89. The summed E-state index contributed by atoms with van der Waals surface area (Å²) in [6.07, 6.45) is -3.49. The largest absolute Gasteiger partial charge is 0.478 e. The molecule has 0 aliphatic carbocycles. The van der Waals surface area contributed by atoms with Crippen molar-refractivity contribution in [2.24, 2.45) is 7.05 Å². The van der Waals surface area contributed by atoms with E-state index in [1.807, 2.05) is 0 Å². The first kappa shape index (κ1) is 27.4. The molecule has 1 aromatic carbocycles. The molecule has 2 aromatic rings. The summed E-state index contributed by atoms with van der Waals surface area (Å²) in [6.45, 7) is 2.79. The number of carbonyl (C=O) groups is 2. The second kappa shape index (κ2) is 11.1. The third kappa shape index (κ3) is 6.83. The van der Waals surface area contributed by atoms with E-state index in [2.05, 4.69) is 10.4 Å². The van der Waals surface area contributed by atoms with E-state index < -0.39 is 47.6 Å². The van der Waals surface area contributed by atoms with E-state index >= 15 is 0 Å². The maximum absolute atomic E-state index is 14.2. The molecule has 0 aliphatic rings. The normalized spacial score (nSPS) is 13.7. The molecule has 0 aliphatic heterocycles. The zero-order chi connectivity index (χ0) is 25.8. The summed E-state index contributed by atoms with van der Waals surface area (Å²) in [6, 6.07) is 3.52. The van der Waals surface area contributed by atoms with E-state index in [0.717, 1.165) is 13.1 Å². The van der Waals surface area contributed by atoms with Gasteiger partial charge in [0.2, 0.25) is 0 Å². The fourth-order valence-corrected chi connectivity index (χ4v) is 3.57. The summed E-state index contributed by atoms with van der Waals surface area (Å²) >= 11 is 11.9. The molecule has 2 rings (SSSR count). The van der Waals surface area contributed by atoms with Gasteiger partial charge in [0.1, 0.15) is 5.83 Å². The predicted molar refractivity (Wildman–Crippen MR) is 120 cm³/mol. The van der Waals surface area contributed by atoms with Gasteiger partial charge in [-0.25, -0.2) is 9.18 Å². The Kier molecular flexibility index (Phi) is 8.90. The van der Waals surface area contributed by atoms with Crippen molar-refractivity contribution in [3.8, 4) is 0 Å². The third-order valence-corrected chi connectivity index (χ3v) is 5.46. The monoisotopic (exact) mass is 521 g/mol. The number of carboxylic acids is 1. The molecule has 0 saturated carbocycles. The molecular formula is C22H21Cl2F4N3O3. The molecule has 1 amide bonds. The number of nitrogens with zero attached hydrogens (tertiary/aromatic N) is 2. The lowest BCUT2D eigenvalue weighted by Gasteiger charge is -2.15. The van der Waals surface area contributed by atoms with Gasteiger partial charge in [0.05, 0.1) is 26.9 Å². The van der Waals surface area contributed by atoms with Crippen molar-refractivity contribution in [1.82, 2.24) is 15.1 Å². The molecule has 0 radical (unpaired) electrons. The van der Waals surface area contributed by atoms with Gasteiger partial charge in [-0.2, -0.15) is 18.3 Å². The number of carbonyl (C=O) groups excluding carboxylic acids is 1. The van der Waals surface area contributed by atoms with E-state index in [4.69, 9.17) is 28.3 Å². The van der Waals surface area contributed by atoms with Crippen LogP contribution in [0.5, 0.6) is 0 Å². The van der Waals surface area contributed by atoms with Crippen molar-refractivity contribution >= 4 is 35.1 Å². The number of benzene rings is 1. The summed E-state index contributed by atoms with van der Waals surface area (Å²) in [5.74, 6) is -3.30. The van der Waals surface area contributed by atoms with Gasteiger partial charge in [0, 0.05) is 25.9 Å². The number of aromatic nitrogens is 2.